The summed E-state index contributed by atoms with van der Waals surface area (Å²) < 4.78 is 0. The van der Waals surface area contributed by atoms with Gasteiger partial charge in [0, 0.05) is 0 Å². The highest BCUT2D eigenvalue weighted by Gasteiger charge is 2.04. The number of benzene rings is 1. The summed E-state index contributed by atoms with van der Waals surface area (Å²) in [4.78, 5) is 10.6. The van der Waals surface area contributed by atoms with Crippen LogP contribution in [0.4, 0.5) is 0 Å². The van der Waals surface area contributed by atoms with E-state index in [1.165, 1.54) is 0 Å². The lowest BCUT2D eigenvalue weighted by molar-refractivity contribution is -0.298. The highest BCUT2D eigenvalue weighted by molar-refractivity contribution is 5.98. The molecule has 0 saturated heterocycles. The third-order valence-corrected chi connectivity index (χ3v) is 1.90. The summed E-state index contributed by atoms with van der Waals surface area (Å²) in [6.45, 7) is 1.59. The van der Waals surface area contributed by atoms with E-state index in [4.69, 9.17) is 5.26 Å². The Bertz CT molecular complexity index is 413. The summed E-state index contributed by atoms with van der Waals surface area (Å²) >= 11 is 0. The molecule has 14 heavy (non-hydrogen) atoms. The molecule has 0 aromatic heterocycles. The maximum atomic E-state index is 10.6. The van der Waals surface area contributed by atoms with Crippen LogP contribution in [-0.4, -0.2) is 5.97 Å². The zero-order valence-electron chi connectivity index (χ0n) is 7.65. The summed E-state index contributed by atoms with van der Waals surface area (Å²) in [6, 6.07) is 10.5. The Labute approximate surface area is 81.9 Å². The van der Waals surface area contributed by atoms with Crippen molar-refractivity contribution in [2.24, 2.45) is 0 Å². The van der Waals surface area contributed by atoms with Crippen molar-refractivity contribution in [2.45, 2.75) is 6.92 Å². The van der Waals surface area contributed by atoms with Crippen LogP contribution in [0.25, 0.3) is 5.57 Å². The van der Waals surface area contributed by atoms with E-state index < -0.39 is 5.97 Å². The summed E-state index contributed by atoms with van der Waals surface area (Å²) in [7, 11) is 0. The molecule has 0 saturated carbocycles. The van der Waals surface area contributed by atoms with E-state index in [-0.39, 0.29) is 5.57 Å². The van der Waals surface area contributed by atoms with Crippen molar-refractivity contribution in [1.82, 2.24) is 0 Å². The zero-order valence-corrected chi connectivity index (χ0v) is 7.65. The van der Waals surface area contributed by atoms with Gasteiger partial charge in [-0.1, -0.05) is 30.3 Å². The van der Waals surface area contributed by atoms with Gasteiger partial charge in [-0.15, -0.1) is 0 Å². The number of carbonyl (C=O) groups excluding carboxylic acids is 1. The SMILES string of the molecule is C/C(=C(\C#N)C(=O)[O-])c1ccccc1. The van der Waals surface area contributed by atoms with E-state index >= 15 is 0 Å². The topological polar surface area (TPSA) is 63.9 Å². The first kappa shape index (κ1) is 10.0. The number of carboxylic acids is 1. The molecule has 0 unspecified atom stereocenters. The van der Waals surface area contributed by atoms with Crippen molar-refractivity contribution in [1.29, 1.82) is 5.26 Å². The number of hydrogen-bond donors (Lipinski definition) is 0. The van der Waals surface area contributed by atoms with Crippen LogP contribution in [0.2, 0.25) is 0 Å². The van der Waals surface area contributed by atoms with E-state index in [0.717, 1.165) is 0 Å². The Morgan fingerprint density at radius 1 is 1.36 bits per heavy atom. The van der Waals surface area contributed by atoms with Gasteiger partial charge in [-0.3, -0.25) is 0 Å². The molecule has 1 aromatic rings. The highest BCUT2D eigenvalue weighted by Crippen LogP contribution is 2.16. The lowest BCUT2D eigenvalue weighted by atomic mass is 10.0. The molecule has 70 valence electrons. The first-order chi connectivity index (χ1) is 6.66. The van der Waals surface area contributed by atoms with Crippen molar-refractivity contribution in [2.75, 3.05) is 0 Å². The lowest BCUT2D eigenvalue weighted by Crippen LogP contribution is -2.24. The molecule has 0 N–H and O–H groups in total. The van der Waals surface area contributed by atoms with Gasteiger partial charge in [0.15, 0.2) is 0 Å². The van der Waals surface area contributed by atoms with Gasteiger partial charge in [0.1, 0.15) is 6.07 Å². The van der Waals surface area contributed by atoms with Gasteiger partial charge < -0.3 is 9.90 Å². The number of carboxylic acid groups (broad SMARTS) is 1. The molecular weight excluding hydrogens is 178 g/mol. The maximum Gasteiger partial charge on any atom is 0.101 e. The number of allylic oxidation sites excluding steroid dienone is 1. The third-order valence-electron chi connectivity index (χ3n) is 1.90. The molecule has 1 rings (SSSR count). The summed E-state index contributed by atoms with van der Waals surface area (Å²) in [6.07, 6.45) is 0. The number of rotatable bonds is 2. The fraction of sp³-hybridized carbons (Fsp3) is 0.0909. The molecule has 0 amide bonds. The third kappa shape index (κ3) is 1.99. The van der Waals surface area contributed by atoms with Gasteiger partial charge in [-0.05, 0) is 18.1 Å². The highest BCUT2D eigenvalue weighted by atomic mass is 16.4. The van der Waals surface area contributed by atoms with Crippen LogP contribution >= 0.6 is 0 Å². The lowest BCUT2D eigenvalue weighted by Gasteiger charge is -2.05. The smallest absolute Gasteiger partial charge is 0.101 e. The van der Waals surface area contributed by atoms with Crippen molar-refractivity contribution in [3.63, 3.8) is 0 Å². The molecule has 0 atom stereocenters. The average Bonchev–Trinajstić information content (AvgIpc) is 2.19. The fourth-order valence-corrected chi connectivity index (χ4v) is 1.12. The zero-order chi connectivity index (χ0) is 10.6. The second-order valence-electron chi connectivity index (χ2n) is 2.77. The molecule has 0 spiro atoms. The molecule has 0 heterocycles. The van der Waals surface area contributed by atoms with Crippen LogP contribution in [-0.2, 0) is 4.79 Å². The number of nitriles is 1. The van der Waals surface area contributed by atoms with Crippen LogP contribution < -0.4 is 5.11 Å². The molecule has 0 bridgehead atoms. The normalized spacial score (nSPS) is 11.4. The van der Waals surface area contributed by atoms with E-state index in [1.807, 2.05) is 6.07 Å². The molecule has 0 aliphatic carbocycles. The van der Waals surface area contributed by atoms with Gasteiger partial charge in [-0.25, -0.2) is 0 Å². The minimum absolute atomic E-state index is 0.323. The van der Waals surface area contributed by atoms with Gasteiger partial charge in [0.05, 0.1) is 11.5 Å². The van der Waals surface area contributed by atoms with Crippen LogP contribution in [0.15, 0.2) is 35.9 Å². The predicted molar refractivity (Wildman–Crippen MR) is 49.7 cm³/mol. The monoisotopic (exact) mass is 186 g/mol. The Morgan fingerprint density at radius 2 is 1.93 bits per heavy atom. The molecule has 0 fully saturated rings. The van der Waals surface area contributed by atoms with Crippen molar-refractivity contribution in [3.05, 3.63) is 41.5 Å². The Kier molecular flexibility index (Phi) is 3.03. The van der Waals surface area contributed by atoms with E-state index in [1.54, 1.807) is 37.3 Å². The molecule has 0 aliphatic rings. The van der Waals surface area contributed by atoms with Crippen LogP contribution in [0.5, 0.6) is 0 Å². The number of hydrogen-bond acceptors (Lipinski definition) is 3. The predicted octanol–water partition coefficient (Wildman–Crippen LogP) is 0.734. The minimum atomic E-state index is -1.44. The fourth-order valence-electron chi connectivity index (χ4n) is 1.12. The number of aliphatic carboxylic acids is 1. The van der Waals surface area contributed by atoms with Crippen molar-refractivity contribution in [3.8, 4) is 6.07 Å². The maximum absolute atomic E-state index is 10.6. The van der Waals surface area contributed by atoms with Gasteiger partial charge >= 0.3 is 0 Å². The first-order valence-electron chi connectivity index (χ1n) is 4.04. The number of carbonyl (C=O) groups is 1. The largest absolute Gasteiger partial charge is 0.544 e. The van der Waals surface area contributed by atoms with Crippen LogP contribution in [0, 0.1) is 11.3 Å². The molecule has 0 radical (unpaired) electrons. The van der Waals surface area contributed by atoms with E-state index in [2.05, 4.69) is 0 Å². The second-order valence-corrected chi connectivity index (χ2v) is 2.77. The summed E-state index contributed by atoms with van der Waals surface area (Å²) in [5.74, 6) is -1.44. The summed E-state index contributed by atoms with van der Waals surface area (Å²) in [5.41, 5.74) is 0.817. The van der Waals surface area contributed by atoms with Crippen molar-refractivity contribution < 1.29 is 9.90 Å². The van der Waals surface area contributed by atoms with Crippen LogP contribution in [0.1, 0.15) is 12.5 Å². The minimum Gasteiger partial charge on any atom is -0.544 e. The molecule has 3 nitrogen and oxygen atoms in total. The Hall–Kier alpha value is -2.08. The Balaban J connectivity index is 3.23. The molecule has 3 heteroatoms. The molecule has 0 aliphatic heterocycles. The standard InChI is InChI=1S/C11H9NO2/c1-8(10(7-12)11(13)14)9-5-3-2-4-6-9/h2-6H,1H3,(H,13,14)/p-1/b10-8-. The van der Waals surface area contributed by atoms with Gasteiger partial charge in [0.2, 0.25) is 0 Å². The average molecular weight is 186 g/mol. The molecular formula is C11H8NO2-. The van der Waals surface area contributed by atoms with Gasteiger partial charge in [0.25, 0.3) is 0 Å². The van der Waals surface area contributed by atoms with E-state index in [0.29, 0.717) is 11.1 Å². The van der Waals surface area contributed by atoms with Gasteiger partial charge in [-0.2, -0.15) is 5.26 Å². The van der Waals surface area contributed by atoms with E-state index in [9.17, 15) is 9.90 Å². The first-order valence-corrected chi connectivity index (χ1v) is 4.04. The quantitative estimate of drug-likeness (QED) is 0.505. The number of nitrogens with zero attached hydrogens (tertiary/aromatic N) is 1. The Morgan fingerprint density at radius 3 is 2.36 bits per heavy atom. The van der Waals surface area contributed by atoms with Crippen molar-refractivity contribution >= 4 is 11.5 Å². The molecule has 1 aromatic carbocycles. The second kappa shape index (κ2) is 4.24. The summed E-state index contributed by atoms with van der Waals surface area (Å²) in [5, 5.41) is 19.2. The van der Waals surface area contributed by atoms with Crippen LogP contribution in [0.3, 0.4) is 0 Å².